The summed E-state index contributed by atoms with van der Waals surface area (Å²) in [6, 6.07) is 0. The first-order valence-electron chi connectivity index (χ1n) is 8.28. The van der Waals surface area contributed by atoms with Crippen molar-refractivity contribution in [1.82, 2.24) is 0 Å². The van der Waals surface area contributed by atoms with E-state index in [4.69, 9.17) is 4.74 Å². The molecule has 0 atom stereocenters. The number of methoxy groups -OCH3 is 1. The molecule has 0 saturated heterocycles. The molecule has 2 aliphatic rings. The largest absolute Gasteiger partial charge is 0.385 e. The van der Waals surface area contributed by atoms with Crippen LogP contribution in [0.2, 0.25) is 0 Å². The van der Waals surface area contributed by atoms with Gasteiger partial charge in [0, 0.05) is 13.7 Å². The molecule has 0 bridgehead atoms. The molecular formula is C17H32O. The van der Waals surface area contributed by atoms with Crippen molar-refractivity contribution < 1.29 is 4.74 Å². The summed E-state index contributed by atoms with van der Waals surface area (Å²) in [5.41, 5.74) is 0. The van der Waals surface area contributed by atoms with E-state index in [9.17, 15) is 0 Å². The van der Waals surface area contributed by atoms with E-state index in [0.29, 0.717) is 0 Å². The number of hydrogen-bond acceptors (Lipinski definition) is 1. The van der Waals surface area contributed by atoms with Gasteiger partial charge in [0.15, 0.2) is 0 Å². The molecule has 1 nitrogen and oxygen atoms in total. The summed E-state index contributed by atoms with van der Waals surface area (Å²) in [6.45, 7) is 3.39. The Morgan fingerprint density at radius 1 is 0.833 bits per heavy atom. The predicted octanol–water partition coefficient (Wildman–Crippen LogP) is 5.05. The Bertz CT molecular complexity index is 210. The van der Waals surface area contributed by atoms with E-state index < -0.39 is 0 Å². The van der Waals surface area contributed by atoms with Gasteiger partial charge in [0.25, 0.3) is 0 Å². The van der Waals surface area contributed by atoms with Crippen molar-refractivity contribution in [2.24, 2.45) is 23.7 Å². The Morgan fingerprint density at radius 3 is 1.94 bits per heavy atom. The van der Waals surface area contributed by atoms with E-state index >= 15 is 0 Å². The molecule has 2 rings (SSSR count). The Kier molecular flexibility index (Phi) is 6.01. The maximum atomic E-state index is 5.16. The molecule has 0 amide bonds. The highest BCUT2D eigenvalue weighted by Crippen LogP contribution is 2.41. The van der Waals surface area contributed by atoms with E-state index in [2.05, 4.69) is 6.92 Å². The van der Waals surface area contributed by atoms with Crippen LogP contribution in [0.3, 0.4) is 0 Å². The van der Waals surface area contributed by atoms with Gasteiger partial charge in [0.05, 0.1) is 0 Å². The number of hydrogen-bond donors (Lipinski definition) is 0. The third kappa shape index (κ3) is 4.26. The number of ether oxygens (including phenoxy) is 1. The minimum atomic E-state index is 0.959. The fourth-order valence-electron chi connectivity index (χ4n) is 4.22. The van der Waals surface area contributed by atoms with E-state index in [-0.39, 0.29) is 0 Å². The summed E-state index contributed by atoms with van der Waals surface area (Å²) in [6.07, 6.45) is 14.8. The quantitative estimate of drug-likeness (QED) is 0.622. The minimum Gasteiger partial charge on any atom is -0.385 e. The van der Waals surface area contributed by atoms with Crippen LogP contribution in [0.1, 0.15) is 71.1 Å². The van der Waals surface area contributed by atoms with Gasteiger partial charge in [0.2, 0.25) is 0 Å². The molecule has 18 heavy (non-hydrogen) atoms. The zero-order chi connectivity index (χ0) is 12.8. The van der Waals surface area contributed by atoms with Gasteiger partial charge in [-0.25, -0.2) is 0 Å². The first-order chi connectivity index (χ1) is 8.79. The van der Waals surface area contributed by atoms with Gasteiger partial charge >= 0.3 is 0 Å². The van der Waals surface area contributed by atoms with E-state index in [1.165, 1.54) is 64.2 Å². The Morgan fingerprint density at radius 2 is 1.39 bits per heavy atom. The van der Waals surface area contributed by atoms with Gasteiger partial charge in [0.1, 0.15) is 0 Å². The third-order valence-corrected chi connectivity index (χ3v) is 5.58. The van der Waals surface area contributed by atoms with Gasteiger partial charge in [-0.3, -0.25) is 0 Å². The van der Waals surface area contributed by atoms with Crippen LogP contribution in [0.25, 0.3) is 0 Å². The molecule has 0 aromatic heterocycles. The van der Waals surface area contributed by atoms with Crippen LogP contribution in [0.4, 0.5) is 0 Å². The fraction of sp³-hybridized carbons (Fsp3) is 1.00. The first-order valence-corrected chi connectivity index (χ1v) is 8.28. The van der Waals surface area contributed by atoms with E-state index in [0.717, 1.165) is 30.3 Å². The predicted molar refractivity (Wildman–Crippen MR) is 77.7 cm³/mol. The molecule has 0 aromatic carbocycles. The normalized spacial score (nSPS) is 37.7. The summed E-state index contributed by atoms with van der Waals surface area (Å²) in [4.78, 5) is 0. The SMILES string of the molecule is COCCCC1CCC(C2CCC(C)CC2)CC1. The molecule has 0 aliphatic heterocycles. The third-order valence-electron chi connectivity index (χ3n) is 5.58. The summed E-state index contributed by atoms with van der Waals surface area (Å²) in [7, 11) is 1.82. The van der Waals surface area contributed by atoms with Gasteiger partial charge in [-0.05, 0) is 62.2 Å². The zero-order valence-corrected chi connectivity index (χ0v) is 12.5. The molecule has 106 valence electrons. The Labute approximate surface area is 114 Å². The molecule has 1 heteroatoms. The lowest BCUT2D eigenvalue weighted by Gasteiger charge is -2.37. The van der Waals surface area contributed by atoms with Crippen LogP contribution in [0, 0.1) is 23.7 Å². The monoisotopic (exact) mass is 252 g/mol. The maximum absolute atomic E-state index is 5.16. The van der Waals surface area contributed by atoms with Gasteiger partial charge in [-0.15, -0.1) is 0 Å². The number of rotatable bonds is 5. The zero-order valence-electron chi connectivity index (χ0n) is 12.5. The van der Waals surface area contributed by atoms with Gasteiger partial charge in [-0.2, -0.15) is 0 Å². The van der Waals surface area contributed by atoms with Crippen LogP contribution in [-0.4, -0.2) is 13.7 Å². The van der Waals surface area contributed by atoms with Gasteiger partial charge in [-0.1, -0.05) is 32.6 Å². The second kappa shape index (κ2) is 7.53. The van der Waals surface area contributed by atoms with Crippen LogP contribution in [-0.2, 0) is 4.74 Å². The van der Waals surface area contributed by atoms with Crippen LogP contribution >= 0.6 is 0 Å². The molecule has 0 radical (unpaired) electrons. The highest BCUT2D eigenvalue weighted by molar-refractivity contribution is 4.81. The first kappa shape index (κ1) is 14.4. The lowest BCUT2D eigenvalue weighted by molar-refractivity contribution is 0.138. The fourth-order valence-corrected chi connectivity index (χ4v) is 4.22. The van der Waals surface area contributed by atoms with E-state index in [1.54, 1.807) is 0 Å². The second-order valence-corrected chi connectivity index (χ2v) is 6.94. The summed E-state index contributed by atoms with van der Waals surface area (Å²) in [5.74, 6) is 4.18. The van der Waals surface area contributed by atoms with Crippen molar-refractivity contribution >= 4 is 0 Å². The van der Waals surface area contributed by atoms with Crippen molar-refractivity contribution in [1.29, 1.82) is 0 Å². The van der Waals surface area contributed by atoms with Crippen molar-refractivity contribution in [2.45, 2.75) is 71.1 Å². The highest BCUT2D eigenvalue weighted by atomic mass is 16.5. The molecule has 0 unspecified atom stereocenters. The van der Waals surface area contributed by atoms with Gasteiger partial charge < -0.3 is 4.74 Å². The molecule has 0 aromatic rings. The van der Waals surface area contributed by atoms with Crippen molar-refractivity contribution in [3.63, 3.8) is 0 Å². The molecule has 2 saturated carbocycles. The van der Waals surface area contributed by atoms with Crippen molar-refractivity contribution in [3.8, 4) is 0 Å². The average Bonchev–Trinajstić information content (AvgIpc) is 2.41. The molecule has 0 heterocycles. The average molecular weight is 252 g/mol. The molecule has 0 N–H and O–H groups in total. The molecular weight excluding hydrogens is 220 g/mol. The molecule has 0 spiro atoms. The molecule has 2 fully saturated rings. The van der Waals surface area contributed by atoms with Crippen LogP contribution in [0.15, 0.2) is 0 Å². The van der Waals surface area contributed by atoms with Crippen LogP contribution < -0.4 is 0 Å². The lowest BCUT2D eigenvalue weighted by Crippen LogP contribution is -2.25. The topological polar surface area (TPSA) is 9.23 Å². The van der Waals surface area contributed by atoms with Crippen molar-refractivity contribution in [2.75, 3.05) is 13.7 Å². The summed E-state index contributed by atoms with van der Waals surface area (Å²) >= 11 is 0. The summed E-state index contributed by atoms with van der Waals surface area (Å²) < 4.78 is 5.16. The Hall–Kier alpha value is -0.0400. The second-order valence-electron chi connectivity index (χ2n) is 6.94. The summed E-state index contributed by atoms with van der Waals surface area (Å²) in [5, 5.41) is 0. The van der Waals surface area contributed by atoms with Crippen molar-refractivity contribution in [3.05, 3.63) is 0 Å². The van der Waals surface area contributed by atoms with E-state index in [1.807, 2.05) is 7.11 Å². The standard InChI is InChI=1S/C17H32O/c1-14-5-9-16(10-6-14)17-11-7-15(8-12-17)4-3-13-18-2/h14-17H,3-13H2,1-2H3. The smallest absolute Gasteiger partial charge is 0.0462 e. The highest BCUT2D eigenvalue weighted by Gasteiger charge is 2.29. The maximum Gasteiger partial charge on any atom is 0.0462 e. The molecule has 2 aliphatic carbocycles. The van der Waals surface area contributed by atoms with Crippen LogP contribution in [0.5, 0.6) is 0 Å². The Balaban J connectivity index is 1.63. The minimum absolute atomic E-state index is 0.959. The lowest BCUT2D eigenvalue weighted by atomic mass is 9.69.